The van der Waals surface area contributed by atoms with Crippen molar-refractivity contribution in [3.8, 4) is 17.4 Å². The number of aromatic nitrogens is 5. The third-order valence-corrected chi connectivity index (χ3v) is 5.17. The Kier molecular flexibility index (Phi) is 7.00. The molecule has 0 fully saturated rings. The van der Waals surface area contributed by atoms with Gasteiger partial charge in [0.15, 0.2) is 5.82 Å². The summed E-state index contributed by atoms with van der Waals surface area (Å²) in [6.07, 6.45) is 0. The van der Waals surface area contributed by atoms with E-state index in [1.807, 2.05) is 48.5 Å². The summed E-state index contributed by atoms with van der Waals surface area (Å²) < 4.78 is 11.4. The van der Waals surface area contributed by atoms with Crippen molar-refractivity contribution < 1.29 is 14.6 Å². The summed E-state index contributed by atoms with van der Waals surface area (Å²) in [7, 11) is 4.67. The third-order valence-electron chi connectivity index (χ3n) is 5.17. The van der Waals surface area contributed by atoms with E-state index in [2.05, 4.69) is 35.9 Å². The van der Waals surface area contributed by atoms with E-state index in [0.29, 0.717) is 25.0 Å². The van der Waals surface area contributed by atoms with Gasteiger partial charge < -0.3 is 30.5 Å². The van der Waals surface area contributed by atoms with Gasteiger partial charge in [0.2, 0.25) is 23.7 Å². The van der Waals surface area contributed by atoms with Crippen LogP contribution in [0, 0.1) is 0 Å². The molecular weight excluding hydrogens is 452 g/mol. The predicted octanol–water partition coefficient (Wildman–Crippen LogP) is 2.59. The van der Waals surface area contributed by atoms with Crippen LogP contribution < -0.4 is 31.1 Å². The molecule has 2 heterocycles. The van der Waals surface area contributed by atoms with Crippen LogP contribution >= 0.6 is 0 Å². The van der Waals surface area contributed by atoms with Gasteiger partial charge in [0.25, 0.3) is 0 Å². The molecule has 35 heavy (non-hydrogen) atoms. The van der Waals surface area contributed by atoms with Crippen LogP contribution in [0.1, 0.15) is 11.1 Å². The van der Waals surface area contributed by atoms with Crippen LogP contribution in [-0.4, -0.2) is 43.8 Å². The molecular formula is C23H26N8O4. The van der Waals surface area contributed by atoms with Gasteiger partial charge in [-0.3, -0.25) is 9.55 Å². The van der Waals surface area contributed by atoms with E-state index >= 15 is 0 Å². The zero-order valence-electron chi connectivity index (χ0n) is 19.5. The Hall–Kier alpha value is -4.74. The Balaban J connectivity index is 1.54. The SMILES string of the molecule is COc1ccc(CNc2nc(NCc3ccc(OC)cc3)nc(Nc3[nH]c(=O)n(C)c3O)n2)cc1. The Morgan fingerprint density at radius 3 is 1.69 bits per heavy atom. The maximum absolute atomic E-state index is 11.8. The van der Waals surface area contributed by atoms with Gasteiger partial charge in [-0.15, -0.1) is 0 Å². The molecule has 0 unspecified atom stereocenters. The number of nitrogens with one attached hydrogen (secondary N) is 4. The van der Waals surface area contributed by atoms with E-state index < -0.39 is 5.69 Å². The number of anilines is 4. The number of benzene rings is 2. The molecule has 0 saturated carbocycles. The fraction of sp³-hybridized carbons (Fsp3) is 0.217. The second-order valence-corrected chi connectivity index (χ2v) is 7.52. The van der Waals surface area contributed by atoms with E-state index in [0.717, 1.165) is 27.2 Å². The van der Waals surface area contributed by atoms with Crippen LogP contribution in [0.5, 0.6) is 17.4 Å². The number of ether oxygens (including phenoxy) is 2. The lowest BCUT2D eigenvalue weighted by atomic mass is 10.2. The molecule has 0 aliphatic carbocycles. The molecule has 0 aliphatic heterocycles. The lowest BCUT2D eigenvalue weighted by molar-refractivity contribution is 0.414. The Labute approximate surface area is 201 Å². The van der Waals surface area contributed by atoms with Crippen molar-refractivity contribution in [2.45, 2.75) is 13.1 Å². The maximum Gasteiger partial charge on any atom is 0.329 e. The molecule has 0 radical (unpaired) electrons. The topological polar surface area (TPSA) is 151 Å². The van der Waals surface area contributed by atoms with E-state index in [4.69, 9.17) is 9.47 Å². The largest absolute Gasteiger partial charge is 0.497 e. The zero-order valence-corrected chi connectivity index (χ0v) is 19.5. The fourth-order valence-electron chi connectivity index (χ4n) is 3.15. The van der Waals surface area contributed by atoms with Gasteiger partial charge >= 0.3 is 5.69 Å². The first-order valence-electron chi connectivity index (χ1n) is 10.7. The normalized spacial score (nSPS) is 10.6. The van der Waals surface area contributed by atoms with Gasteiger partial charge in [-0.2, -0.15) is 15.0 Å². The van der Waals surface area contributed by atoms with Gasteiger partial charge in [-0.1, -0.05) is 24.3 Å². The van der Waals surface area contributed by atoms with E-state index in [1.165, 1.54) is 7.05 Å². The van der Waals surface area contributed by atoms with E-state index in [-0.39, 0.29) is 17.6 Å². The molecule has 2 aromatic carbocycles. The molecule has 0 amide bonds. The van der Waals surface area contributed by atoms with E-state index in [9.17, 15) is 9.90 Å². The van der Waals surface area contributed by atoms with Crippen LogP contribution in [0.2, 0.25) is 0 Å². The van der Waals surface area contributed by atoms with Gasteiger partial charge in [-0.05, 0) is 35.4 Å². The number of imidazole rings is 1. The number of aromatic amines is 1. The molecule has 12 nitrogen and oxygen atoms in total. The lowest BCUT2D eigenvalue weighted by Gasteiger charge is -2.11. The highest BCUT2D eigenvalue weighted by Gasteiger charge is 2.13. The van der Waals surface area contributed by atoms with Gasteiger partial charge in [0.05, 0.1) is 14.2 Å². The monoisotopic (exact) mass is 478 g/mol. The second kappa shape index (κ2) is 10.5. The molecule has 182 valence electrons. The van der Waals surface area contributed by atoms with Crippen molar-refractivity contribution in [2.75, 3.05) is 30.2 Å². The minimum atomic E-state index is -0.477. The molecule has 0 spiro atoms. The van der Waals surface area contributed by atoms with E-state index in [1.54, 1.807) is 14.2 Å². The van der Waals surface area contributed by atoms with Crippen LogP contribution in [-0.2, 0) is 20.1 Å². The van der Waals surface area contributed by atoms with Crippen LogP contribution in [0.25, 0.3) is 0 Å². The Morgan fingerprint density at radius 1 is 0.829 bits per heavy atom. The predicted molar refractivity (Wildman–Crippen MR) is 131 cm³/mol. The maximum atomic E-state index is 11.8. The molecule has 12 heteroatoms. The molecule has 2 aromatic heterocycles. The standard InChI is InChI=1S/C23H26N8O4/c1-31-19(32)18(27-23(31)33)26-22-29-20(24-12-14-4-8-16(34-2)9-5-14)28-21(30-22)25-13-15-6-10-17(35-3)11-7-15/h4-11,32H,12-13H2,1-3H3,(H,27,33)(H3,24,25,26,28,29,30). The number of nitrogens with zero attached hydrogens (tertiary/aromatic N) is 4. The molecule has 0 bridgehead atoms. The lowest BCUT2D eigenvalue weighted by Crippen LogP contribution is -2.12. The highest BCUT2D eigenvalue weighted by molar-refractivity contribution is 5.56. The molecule has 4 rings (SSSR count). The summed E-state index contributed by atoms with van der Waals surface area (Å²) in [5, 5.41) is 19.3. The first-order chi connectivity index (χ1) is 16.9. The number of aromatic hydroxyl groups is 1. The Bertz CT molecular complexity index is 1260. The van der Waals surface area contributed by atoms with Crippen molar-refractivity contribution >= 4 is 23.7 Å². The molecule has 5 N–H and O–H groups in total. The summed E-state index contributed by atoms with van der Waals surface area (Å²) in [6, 6.07) is 15.2. The van der Waals surface area contributed by atoms with Crippen molar-refractivity contribution in [3.05, 3.63) is 70.1 Å². The minimum absolute atomic E-state index is 0.0749. The molecule has 0 atom stereocenters. The zero-order chi connectivity index (χ0) is 24.8. The number of H-pyrrole nitrogens is 1. The minimum Gasteiger partial charge on any atom is -0.497 e. The Morgan fingerprint density at radius 2 is 1.29 bits per heavy atom. The van der Waals surface area contributed by atoms with Crippen LogP contribution in [0.3, 0.4) is 0 Å². The van der Waals surface area contributed by atoms with Crippen molar-refractivity contribution in [2.24, 2.45) is 7.05 Å². The van der Waals surface area contributed by atoms with Crippen molar-refractivity contribution in [3.63, 3.8) is 0 Å². The first-order valence-corrected chi connectivity index (χ1v) is 10.7. The number of hydrogen-bond donors (Lipinski definition) is 5. The summed E-state index contributed by atoms with van der Waals surface area (Å²) in [5.74, 6) is 2.07. The van der Waals surface area contributed by atoms with Crippen molar-refractivity contribution in [1.82, 2.24) is 24.5 Å². The summed E-state index contributed by atoms with van der Waals surface area (Å²) in [6.45, 7) is 0.914. The van der Waals surface area contributed by atoms with Crippen LogP contribution in [0.4, 0.5) is 23.7 Å². The van der Waals surface area contributed by atoms with Crippen molar-refractivity contribution in [1.29, 1.82) is 0 Å². The number of methoxy groups -OCH3 is 2. The fourth-order valence-corrected chi connectivity index (χ4v) is 3.15. The number of rotatable bonds is 10. The summed E-state index contributed by atoms with van der Waals surface area (Å²) in [5.41, 5.74) is 1.52. The smallest absolute Gasteiger partial charge is 0.329 e. The molecule has 4 aromatic rings. The average Bonchev–Trinajstić information content (AvgIpc) is 3.13. The summed E-state index contributed by atoms with van der Waals surface area (Å²) in [4.78, 5) is 27.5. The third kappa shape index (κ3) is 5.79. The molecule has 0 aliphatic rings. The first kappa shape index (κ1) is 23.4. The second-order valence-electron chi connectivity index (χ2n) is 7.52. The highest BCUT2D eigenvalue weighted by Crippen LogP contribution is 2.22. The molecule has 0 saturated heterocycles. The average molecular weight is 479 g/mol. The highest BCUT2D eigenvalue weighted by atomic mass is 16.5. The van der Waals surface area contributed by atoms with Gasteiger partial charge in [0, 0.05) is 20.1 Å². The van der Waals surface area contributed by atoms with Crippen LogP contribution in [0.15, 0.2) is 53.3 Å². The van der Waals surface area contributed by atoms with Gasteiger partial charge in [-0.25, -0.2) is 4.79 Å². The number of hydrogen-bond acceptors (Lipinski definition) is 10. The quantitative estimate of drug-likeness (QED) is 0.230. The summed E-state index contributed by atoms with van der Waals surface area (Å²) >= 11 is 0. The van der Waals surface area contributed by atoms with Gasteiger partial charge in [0.1, 0.15) is 11.5 Å².